The first-order valence-electron chi connectivity index (χ1n) is 6.72. The molecule has 3 rings (SSSR count). The van der Waals surface area contributed by atoms with Crippen LogP contribution in [0.25, 0.3) is 0 Å². The zero-order chi connectivity index (χ0) is 15.4. The van der Waals surface area contributed by atoms with Crippen LogP contribution >= 0.6 is 23.5 Å². The summed E-state index contributed by atoms with van der Waals surface area (Å²) in [6.45, 7) is 0.396. The van der Waals surface area contributed by atoms with Crippen molar-refractivity contribution in [1.82, 2.24) is 9.80 Å². The molecule has 0 spiro atoms. The van der Waals surface area contributed by atoms with Crippen molar-refractivity contribution < 1.29 is 14.7 Å². The van der Waals surface area contributed by atoms with Crippen molar-refractivity contribution in [3.8, 4) is 0 Å². The van der Waals surface area contributed by atoms with E-state index in [9.17, 15) is 14.7 Å². The largest absolute Gasteiger partial charge is 0.388 e. The summed E-state index contributed by atoms with van der Waals surface area (Å²) in [5, 5.41) is 9.71. The molecule has 2 fully saturated rings. The number of allylic oxidation sites excluding steroid dienone is 2. The van der Waals surface area contributed by atoms with Crippen molar-refractivity contribution in [3.05, 3.63) is 23.8 Å². The molecule has 21 heavy (non-hydrogen) atoms. The summed E-state index contributed by atoms with van der Waals surface area (Å²) < 4.78 is 0. The Labute approximate surface area is 132 Å². The van der Waals surface area contributed by atoms with Gasteiger partial charge in [0.05, 0.1) is 6.10 Å². The number of amides is 2. The van der Waals surface area contributed by atoms with E-state index in [1.165, 1.54) is 28.4 Å². The van der Waals surface area contributed by atoms with Gasteiger partial charge in [0, 0.05) is 19.5 Å². The lowest BCUT2D eigenvalue weighted by molar-refractivity contribution is -0.154. The van der Waals surface area contributed by atoms with Gasteiger partial charge in [0.25, 0.3) is 11.8 Å². The molecule has 4 unspecified atom stereocenters. The number of thioether (sulfide) groups is 2. The maximum Gasteiger partial charge on any atom is 0.264 e. The van der Waals surface area contributed by atoms with Crippen LogP contribution in [0.4, 0.5) is 0 Å². The first kappa shape index (κ1) is 15.0. The molecule has 0 aromatic heterocycles. The van der Waals surface area contributed by atoms with Gasteiger partial charge in [0.2, 0.25) is 0 Å². The van der Waals surface area contributed by atoms with Crippen molar-refractivity contribution >= 4 is 35.3 Å². The van der Waals surface area contributed by atoms with E-state index < -0.39 is 16.3 Å². The lowest BCUT2D eigenvalue weighted by Gasteiger charge is -2.47. The highest BCUT2D eigenvalue weighted by Gasteiger charge is 2.63. The molecule has 0 saturated carbocycles. The first-order chi connectivity index (χ1) is 9.98. The SMILES string of the molecule is CSC1C(=O)N2CC3C(=CC=CC3O)C2(SC)C(=O)N1C. The Bertz CT molecular complexity index is 562. The lowest BCUT2D eigenvalue weighted by Crippen LogP contribution is -2.66. The minimum atomic E-state index is -0.992. The van der Waals surface area contributed by atoms with Crippen LogP contribution in [0.2, 0.25) is 0 Å². The standard InChI is InChI=1S/C14H18N2O3S2/c1-15-12(20-2)11(18)16-7-8-9(5-4-6-10(8)17)14(16,21-3)13(15)19/h4-6,8,10,12,17H,7H2,1-3H3. The second-order valence-electron chi connectivity index (χ2n) is 5.41. The van der Waals surface area contributed by atoms with E-state index in [2.05, 4.69) is 0 Å². The maximum absolute atomic E-state index is 13.0. The Balaban J connectivity index is 2.14. The Kier molecular flexibility index (Phi) is 3.62. The van der Waals surface area contributed by atoms with Crippen molar-refractivity contribution in [2.75, 3.05) is 26.1 Å². The van der Waals surface area contributed by atoms with E-state index >= 15 is 0 Å². The van der Waals surface area contributed by atoms with Gasteiger partial charge in [-0.25, -0.2) is 0 Å². The molecule has 0 aromatic carbocycles. The summed E-state index contributed by atoms with van der Waals surface area (Å²) in [7, 11) is 1.68. The van der Waals surface area contributed by atoms with Crippen LogP contribution in [0.15, 0.2) is 23.8 Å². The number of likely N-dealkylation sites (N-methyl/N-ethyl adjacent to an activating group) is 1. The molecule has 1 aliphatic carbocycles. The van der Waals surface area contributed by atoms with E-state index in [0.29, 0.717) is 6.54 Å². The lowest BCUT2D eigenvalue weighted by atomic mass is 9.87. The minimum Gasteiger partial charge on any atom is -0.388 e. The van der Waals surface area contributed by atoms with Gasteiger partial charge >= 0.3 is 0 Å². The van der Waals surface area contributed by atoms with Crippen LogP contribution < -0.4 is 0 Å². The van der Waals surface area contributed by atoms with Crippen molar-refractivity contribution in [3.63, 3.8) is 0 Å². The third kappa shape index (κ3) is 1.77. The Morgan fingerprint density at radius 3 is 2.71 bits per heavy atom. The third-order valence-electron chi connectivity index (χ3n) is 4.50. The van der Waals surface area contributed by atoms with E-state index in [-0.39, 0.29) is 17.7 Å². The number of hydrogen-bond acceptors (Lipinski definition) is 5. The molecule has 2 aliphatic heterocycles. The summed E-state index contributed by atoms with van der Waals surface area (Å²) in [5.74, 6) is -0.323. The molecule has 5 nitrogen and oxygen atoms in total. The predicted molar refractivity (Wildman–Crippen MR) is 84.8 cm³/mol. The van der Waals surface area contributed by atoms with Gasteiger partial charge in [-0.3, -0.25) is 9.59 Å². The molecular formula is C14H18N2O3S2. The van der Waals surface area contributed by atoms with Gasteiger partial charge in [-0.1, -0.05) is 18.2 Å². The van der Waals surface area contributed by atoms with Crippen LogP contribution in [0.5, 0.6) is 0 Å². The molecule has 114 valence electrons. The van der Waals surface area contributed by atoms with Gasteiger partial charge in [0.1, 0.15) is 0 Å². The van der Waals surface area contributed by atoms with Gasteiger partial charge in [-0.2, -0.15) is 0 Å². The number of rotatable bonds is 2. The van der Waals surface area contributed by atoms with Crippen LogP contribution in [0, 0.1) is 5.92 Å². The monoisotopic (exact) mass is 326 g/mol. The molecule has 3 aliphatic rings. The molecule has 4 atom stereocenters. The Hall–Kier alpha value is -0.920. The third-order valence-corrected chi connectivity index (χ3v) is 6.69. The van der Waals surface area contributed by atoms with Crippen molar-refractivity contribution in [2.24, 2.45) is 5.92 Å². The fourth-order valence-electron chi connectivity index (χ4n) is 3.47. The van der Waals surface area contributed by atoms with Crippen LogP contribution in [0.3, 0.4) is 0 Å². The predicted octanol–water partition coefficient (Wildman–Crippen LogP) is 0.522. The topological polar surface area (TPSA) is 60.9 Å². The number of fused-ring (bicyclic) bond motifs is 3. The van der Waals surface area contributed by atoms with E-state index in [0.717, 1.165) is 5.57 Å². The molecule has 2 saturated heterocycles. The summed E-state index contributed by atoms with van der Waals surface area (Å²) in [6.07, 6.45) is 8.41. The molecule has 1 N–H and O–H groups in total. The molecule has 0 bridgehead atoms. The second kappa shape index (κ2) is 5.07. The molecular weight excluding hydrogens is 308 g/mol. The maximum atomic E-state index is 13.0. The number of aliphatic hydroxyl groups is 1. The van der Waals surface area contributed by atoms with Crippen molar-refractivity contribution in [1.29, 1.82) is 0 Å². The Morgan fingerprint density at radius 1 is 1.38 bits per heavy atom. The second-order valence-corrected chi connectivity index (χ2v) is 7.32. The molecule has 0 aromatic rings. The zero-order valence-electron chi connectivity index (χ0n) is 12.1. The van der Waals surface area contributed by atoms with Crippen LogP contribution in [0.1, 0.15) is 0 Å². The molecule has 0 radical (unpaired) electrons. The number of piperazine rings is 1. The van der Waals surface area contributed by atoms with Crippen LogP contribution in [-0.4, -0.2) is 69.2 Å². The first-order valence-corrected chi connectivity index (χ1v) is 9.24. The summed E-state index contributed by atoms with van der Waals surface area (Å²) in [6, 6.07) is 0. The smallest absolute Gasteiger partial charge is 0.264 e. The summed E-state index contributed by atoms with van der Waals surface area (Å²) >= 11 is 2.74. The number of carbonyl (C=O) groups is 2. The summed E-state index contributed by atoms with van der Waals surface area (Å²) in [5.41, 5.74) is 0.842. The van der Waals surface area contributed by atoms with Gasteiger partial charge in [0.15, 0.2) is 10.2 Å². The average molecular weight is 326 g/mol. The van der Waals surface area contributed by atoms with Gasteiger partial charge in [-0.15, -0.1) is 23.5 Å². The van der Waals surface area contributed by atoms with Gasteiger partial charge < -0.3 is 14.9 Å². The molecule has 7 heteroatoms. The van der Waals surface area contributed by atoms with E-state index in [4.69, 9.17) is 0 Å². The number of aliphatic hydroxyl groups excluding tert-OH is 1. The zero-order valence-corrected chi connectivity index (χ0v) is 13.8. The molecule has 2 heterocycles. The van der Waals surface area contributed by atoms with E-state index in [1.807, 2.05) is 18.6 Å². The number of carbonyl (C=O) groups excluding carboxylic acids is 2. The minimum absolute atomic E-state index is 0.0542. The van der Waals surface area contributed by atoms with Crippen LogP contribution in [-0.2, 0) is 9.59 Å². The number of hydrogen-bond donors (Lipinski definition) is 1. The summed E-state index contributed by atoms with van der Waals surface area (Å²) in [4.78, 5) is 28.0. The highest BCUT2D eigenvalue weighted by molar-refractivity contribution is 8.01. The normalized spacial score (nSPS) is 38.5. The van der Waals surface area contributed by atoms with Gasteiger partial charge in [-0.05, 0) is 18.1 Å². The quantitative estimate of drug-likeness (QED) is 0.802. The average Bonchev–Trinajstić information content (AvgIpc) is 2.83. The van der Waals surface area contributed by atoms with Crippen molar-refractivity contribution in [2.45, 2.75) is 16.3 Å². The highest BCUT2D eigenvalue weighted by Crippen LogP contribution is 2.51. The highest BCUT2D eigenvalue weighted by atomic mass is 32.2. The molecule has 2 amide bonds. The fourth-order valence-corrected chi connectivity index (χ4v) is 5.37. The number of nitrogens with zero attached hydrogens (tertiary/aromatic N) is 2. The fraction of sp³-hybridized carbons (Fsp3) is 0.571. The van der Waals surface area contributed by atoms with E-state index in [1.54, 1.807) is 24.1 Å². The Morgan fingerprint density at radius 2 is 2.10 bits per heavy atom.